The lowest BCUT2D eigenvalue weighted by atomic mass is 9.56. The summed E-state index contributed by atoms with van der Waals surface area (Å²) in [5.41, 5.74) is 2.19. The monoisotopic (exact) mass is 772 g/mol. The van der Waals surface area contributed by atoms with Crippen LogP contribution in [0.4, 0.5) is 28.0 Å². The Kier molecular flexibility index (Phi) is 9.17. The van der Waals surface area contributed by atoms with Crippen molar-refractivity contribution in [2.24, 2.45) is 5.41 Å². The molecule has 5 aromatic rings. The number of aromatic amines is 1. The number of carbonyl (C=O) groups is 3. The summed E-state index contributed by atoms with van der Waals surface area (Å²) in [6.07, 6.45) is 0.854. The molecular formula is C38H36F4N10O4. The molecule has 14 nitrogen and oxygen atoms in total. The molecule has 3 aliphatic rings. The first-order valence-corrected chi connectivity index (χ1v) is 17.9. The minimum atomic E-state index is -4.55. The summed E-state index contributed by atoms with van der Waals surface area (Å²) >= 11 is 0. The molecule has 1 saturated carbocycles. The van der Waals surface area contributed by atoms with Crippen molar-refractivity contribution in [3.8, 4) is 22.6 Å². The summed E-state index contributed by atoms with van der Waals surface area (Å²) in [5, 5.41) is 14.7. The maximum atomic E-state index is 15.0. The van der Waals surface area contributed by atoms with Crippen molar-refractivity contribution in [1.29, 1.82) is 0 Å². The van der Waals surface area contributed by atoms with Gasteiger partial charge in [0.1, 0.15) is 17.1 Å². The summed E-state index contributed by atoms with van der Waals surface area (Å²) in [6, 6.07) is 14.0. The molecular weight excluding hydrogens is 736 g/mol. The van der Waals surface area contributed by atoms with E-state index in [9.17, 15) is 27.6 Å². The molecule has 0 atom stereocenters. The van der Waals surface area contributed by atoms with Crippen LogP contribution < -0.4 is 15.5 Å². The van der Waals surface area contributed by atoms with Crippen molar-refractivity contribution in [1.82, 2.24) is 45.8 Å². The lowest BCUT2D eigenvalue weighted by Crippen LogP contribution is -2.61. The molecule has 2 aliphatic heterocycles. The van der Waals surface area contributed by atoms with Crippen LogP contribution >= 0.6 is 0 Å². The fraction of sp³-hybridized carbons (Fsp3) is 0.368. The van der Waals surface area contributed by atoms with Gasteiger partial charge in [-0.1, -0.05) is 35.5 Å². The summed E-state index contributed by atoms with van der Waals surface area (Å²) in [7, 11) is 0. The molecule has 18 heteroatoms. The van der Waals surface area contributed by atoms with Gasteiger partial charge in [0.05, 0.1) is 12.2 Å². The van der Waals surface area contributed by atoms with Crippen molar-refractivity contribution < 1.29 is 36.5 Å². The molecule has 2 saturated heterocycles. The normalized spacial score (nSPS) is 17.4. The summed E-state index contributed by atoms with van der Waals surface area (Å²) < 4.78 is 60.1. The second-order valence-corrected chi connectivity index (χ2v) is 15.2. The van der Waals surface area contributed by atoms with Crippen LogP contribution in [0.1, 0.15) is 72.4 Å². The highest BCUT2D eigenvalue weighted by atomic mass is 19.4. The van der Waals surface area contributed by atoms with Crippen LogP contribution in [-0.2, 0) is 23.3 Å². The van der Waals surface area contributed by atoms with Gasteiger partial charge in [-0.25, -0.2) is 24.1 Å². The summed E-state index contributed by atoms with van der Waals surface area (Å²) in [4.78, 5) is 52.5. The van der Waals surface area contributed by atoms with Gasteiger partial charge >= 0.3 is 12.2 Å². The largest absolute Gasteiger partial charge is 0.401 e. The van der Waals surface area contributed by atoms with Crippen LogP contribution in [0.25, 0.3) is 22.6 Å². The van der Waals surface area contributed by atoms with E-state index in [0.29, 0.717) is 0 Å². The number of hydrogen-bond acceptors (Lipinski definition) is 10. The van der Waals surface area contributed by atoms with E-state index in [4.69, 9.17) is 4.52 Å². The number of rotatable bonds is 10. The zero-order chi connectivity index (χ0) is 39.4. The predicted octanol–water partition coefficient (Wildman–Crippen LogP) is 5.65. The van der Waals surface area contributed by atoms with E-state index in [2.05, 4.69) is 58.0 Å². The fourth-order valence-electron chi connectivity index (χ4n) is 7.47. The molecule has 8 rings (SSSR count). The quantitative estimate of drug-likeness (QED) is 0.151. The number of amides is 4. The highest BCUT2D eigenvalue weighted by molar-refractivity contribution is 6.05. The maximum Gasteiger partial charge on any atom is 0.401 e. The van der Waals surface area contributed by atoms with Gasteiger partial charge in [-0.15, -0.1) is 0 Å². The van der Waals surface area contributed by atoms with Gasteiger partial charge in [0.2, 0.25) is 11.7 Å². The van der Waals surface area contributed by atoms with Crippen molar-refractivity contribution >= 4 is 23.5 Å². The minimum absolute atomic E-state index is 0.0440. The summed E-state index contributed by atoms with van der Waals surface area (Å²) in [6.45, 7) is 4.64. The molecule has 1 aliphatic carbocycles. The second kappa shape index (κ2) is 13.9. The molecule has 3 fully saturated rings. The number of aromatic nitrogens is 6. The van der Waals surface area contributed by atoms with Crippen molar-refractivity contribution in [3.05, 3.63) is 95.3 Å². The van der Waals surface area contributed by atoms with E-state index in [-0.39, 0.29) is 65.5 Å². The van der Waals surface area contributed by atoms with E-state index in [0.717, 1.165) is 63.0 Å². The Morgan fingerprint density at radius 1 is 1.02 bits per heavy atom. The third kappa shape index (κ3) is 7.11. The van der Waals surface area contributed by atoms with Crippen molar-refractivity contribution in [3.63, 3.8) is 0 Å². The number of carbonyl (C=O) groups excluding carboxylic acids is 3. The maximum absolute atomic E-state index is 15.0. The van der Waals surface area contributed by atoms with E-state index in [1.54, 1.807) is 18.5 Å². The molecule has 5 heterocycles. The third-order valence-corrected chi connectivity index (χ3v) is 10.8. The average molecular weight is 773 g/mol. The Morgan fingerprint density at radius 2 is 1.75 bits per heavy atom. The molecule has 3 N–H and O–H groups in total. The average Bonchev–Trinajstić information content (AvgIpc) is 3.83. The Morgan fingerprint density at radius 3 is 2.43 bits per heavy atom. The smallest absolute Gasteiger partial charge is 0.350 e. The Labute approximate surface area is 317 Å². The van der Waals surface area contributed by atoms with Gasteiger partial charge < -0.3 is 9.84 Å². The van der Waals surface area contributed by atoms with Crippen LogP contribution in [0.3, 0.4) is 0 Å². The van der Waals surface area contributed by atoms with Gasteiger partial charge in [0.15, 0.2) is 17.3 Å². The number of alkyl halides is 3. The van der Waals surface area contributed by atoms with Crippen LogP contribution in [0.2, 0.25) is 0 Å². The second-order valence-electron chi connectivity index (χ2n) is 15.2. The van der Waals surface area contributed by atoms with Crippen LogP contribution in [0, 0.1) is 11.2 Å². The molecule has 56 heavy (non-hydrogen) atoms. The molecule has 3 aromatic heterocycles. The summed E-state index contributed by atoms with van der Waals surface area (Å²) in [5.74, 6) is -1.50. The number of nitrogens with zero attached hydrogens (tertiary/aromatic N) is 7. The first-order valence-electron chi connectivity index (χ1n) is 17.9. The zero-order valence-corrected chi connectivity index (χ0v) is 30.3. The van der Waals surface area contributed by atoms with Crippen LogP contribution in [0.15, 0.2) is 65.4 Å². The number of urea groups is 1. The number of likely N-dealkylation sites (tertiary alicyclic amines) is 1. The molecule has 0 bridgehead atoms. The number of H-pyrrole nitrogens is 1. The topological polar surface area (TPSA) is 175 Å². The third-order valence-electron chi connectivity index (χ3n) is 10.8. The molecule has 1 spiro atoms. The number of imide groups is 1. The lowest BCUT2D eigenvalue weighted by molar-refractivity contribution is -0.182. The van der Waals surface area contributed by atoms with E-state index >= 15 is 4.39 Å². The van der Waals surface area contributed by atoms with Gasteiger partial charge in [-0.05, 0) is 66.8 Å². The Balaban J connectivity index is 0.797. The highest BCUT2D eigenvalue weighted by Crippen LogP contribution is 2.56. The van der Waals surface area contributed by atoms with Gasteiger partial charge in [-0.2, -0.15) is 18.3 Å². The molecule has 0 unspecified atom stereocenters. The van der Waals surface area contributed by atoms with Crippen molar-refractivity contribution in [2.75, 3.05) is 24.5 Å². The fourth-order valence-corrected chi connectivity index (χ4v) is 7.47. The molecule has 290 valence electrons. The van der Waals surface area contributed by atoms with E-state index in [1.165, 1.54) is 22.6 Å². The van der Waals surface area contributed by atoms with Crippen LogP contribution in [-0.4, -0.2) is 78.9 Å². The Bertz CT molecular complexity index is 2290. The molecule has 4 amide bonds. The molecule has 0 radical (unpaired) electrons. The minimum Gasteiger partial charge on any atom is -0.350 e. The van der Waals surface area contributed by atoms with Gasteiger partial charge in [-0.3, -0.25) is 29.8 Å². The number of anilines is 1. The number of halogens is 4. The lowest BCUT2D eigenvalue weighted by Gasteiger charge is -2.59. The SMILES string of the molecule is CC(C)(c1n[nH]c(CNC(=O)c2cc(-c3ncc(-c4ccc(CN5CC6(CC(c7ccc(N8CCC(=O)NC8=O)c(F)c7)C6)C5)cc4)cn3)no2)n1)C(F)(F)F. The number of hydrogen-bond donors (Lipinski definition) is 3. The molecule has 2 aromatic carbocycles. The van der Waals surface area contributed by atoms with Gasteiger partial charge in [0.25, 0.3) is 5.91 Å². The zero-order valence-electron chi connectivity index (χ0n) is 30.3. The van der Waals surface area contributed by atoms with Gasteiger partial charge in [0, 0.05) is 56.6 Å². The van der Waals surface area contributed by atoms with E-state index < -0.39 is 35.2 Å². The number of benzene rings is 2. The predicted molar refractivity (Wildman–Crippen MR) is 191 cm³/mol. The first-order chi connectivity index (χ1) is 26.7. The van der Waals surface area contributed by atoms with Crippen LogP contribution in [0.5, 0.6) is 0 Å². The number of nitrogens with one attached hydrogen (secondary N) is 3. The first kappa shape index (κ1) is 36.9. The Hall–Kier alpha value is -6.04. The van der Waals surface area contributed by atoms with E-state index in [1.807, 2.05) is 18.2 Å². The highest BCUT2D eigenvalue weighted by Gasteiger charge is 2.53. The van der Waals surface area contributed by atoms with Crippen molar-refractivity contribution in [2.45, 2.75) is 63.7 Å². The standard InChI is InChI=1S/C38H36F4N10O4/c1-36(2,38(40,41)42)34-46-30(48-49-34)17-45-33(54)29-12-27(50-56-29)32-43-15-25(16-44-32)22-5-3-21(4-6-22)18-51-19-37(20-51)13-24(14-37)23-7-8-28(26(39)11-23)52-10-9-31(53)47-35(52)55/h3-8,11-12,15-16,24H,9-10,13-14,17-20H2,1-2H3,(H,45,54)(H,46,48,49)(H,47,53,55).